The number of carbonyl (C=O) groups excluding carboxylic acids is 1. The molecular formula is C29H32N4O6S. The van der Waals surface area contributed by atoms with Gasteiger partial charge in [-0.25, -0.2) is 0 Å². The predicted octanol–water partition coefficient (Wildman–Crippen LogP) is 2.64. The highest BCUT2D eigenvalue weighted by molar-refractivity contribution is 7.94. The number of nitrogens with zero attached hydrogens (tertiary/aromatic N) is 2. The molecule has 2 aliphatic rings. The van der Waals surface area contributed by atoms with E-state index in [1.54, 1.807) is 12.1 Å². The Balaban J connectivity index is 1.20. The standard InChI is InChI=1S/C29H32N4O6S/c30-16-22(29(36)32-17-27-28(35)25(34)18-40-39-27)15-24-5-6-26(38-24)21-2-1-20-14-23(4-3-19(20)13-21)31-7-8-33-9-11-37-12-10-33/h1-6,13-15,25,27-28,31,34-35H,7-12,17-18H2,(H,32,36)/b22-15+/t25-,27-,28+/m1/s1. The van der Waals surface area contributed by atoms with Gasteiger partial charge in [-0.2, -0.15) is 5.26 Å². The van der Waals surface area contributed by atoms with Crippen LogP contribution in [0, 0.1) is 11.3 Å². The molecule has 0 radical (unpaired) electrons. The normalized spacial score (nSPS) is 22.1. The van der Waals surface area contributed by atoms with Gasteiger partial charge in [-0.15, -0.1) is 0 Å². The van der Waals surface area contributed by atoms with Gasteiger partial charge in [0.05, 0.1) is 19.3 Å². The Bertz CT molecular complexity index is 1400. The summed E-state index contributed by atoms with van der Waals surface area (Å²) in [4.78, 5) is 14.9. The van der Waals surface area contributed by atoms with Crippen molar-refractivity contribution < 1.29 is 28.3 Å². The lowest BCUT2D eigenvalue weighted by molar-refractivity contribution is -0.118. The molecule has 210 valence electrons. The van der Waals surface area contributed by atoms with Gasteiger partial charge in [0.2, 0.25) is 0 Å². The van der Waals surface area contributed by atoms with Gasteiger partial charge in [0.1, 0.15) is 35.4 Å². The highest BCUT2D eigenvalue weighted by Gasteiger charge is 2.32. The van der Waals surface area contributed by atoms with E-state index in [4.69, 9.17) is 13.3 Å². The summed E-state index contributed by atoms with van der Waals surface area (Å²) in [6.45, 7) is 5.35. The number of rotatable bonds is 9. The van der Waals surface area contributed by atoms with Crippen molar-refractivity contribution in [2.45, 2.75) is 18.3 Å². The molecule has 1 amide bonds. The summed E-state index contributed by atoms with van der Waals surface area (Å²) in [6.07, 6.45) is -1.46. The summed E-state index contributed by atoms with van der Waals surface area (Å²) in [5.74, 6) is 0.604. The highest BCUT2D eigenvalue weighted by atomic mass is 32.2. The molecule has 5 rings (SSSR count). The molecule has 11 heteroatoms. The van der Waals surface area contributed by atoms with E-state index in [-0.39, 0.29) is 17.9 Å². The largest absolute Gasteiger partial charge is 0.457 e. The van der Waals surface area contributed by atoms with E-state index >= 15 is 0 Å². The van der Waals surface area contributed by atoms with Crippen LogP contribution < -0.4 is 10.6 Å². The number of nitriles is 1. The van der Waals surface area contributed by atoms with E-state index in [1.165, 1.54) is 6.08 Å². The Kier molecular flexibility index (Phi) is 9.38. The summed E-state index contributed by atoms with van der Waals surface area (Å²) in [5.41, 5.74) is 1.80. The first-order chi connectivity index (χ1) is 19.5. The Morgan fingerprint density at radius 1 is 1.12 bits per heavy atom. The molecule has 2 aliphatic heterocycles. The summed E-state index contributed by atoms with van der Waals surface area (Å²) in [5, 5.41) is 37.5. The summed E-state index contributed by atoms with van der Waals surface area (Å²) in [6, 6.07) is 17.7. The minimum Gasteiger partial charge on any atom is -0.457 e. The molecule has 3 aromatic rings. The number of ether oxygens (including phenoxy) is 1. The predicted molar refractivity (Wildman–Crippen MR) is 153 cm³/mol. The Morgan fingerprint density at radius 2 is 1.93 bits per heavy atom. The molecule has 0 spiro atoms. The second-order valence-electron chi connectivity index (χ2n) is 9.72. The quantitative estimate of drug-likeness (QED) is 0.174. The summed E-state index contributed by atoms with van der Waals surface area (Å²) >= 11 is 1.03. The van der Waals surface area contributed by atoms with Gasteiger partial charge < -0.3 is 34.2 Å². The van der Waals surface area contributed by atoms with E-state index in [0.29, 0.717) is 11.5 Å². The van der Waals surface area contributed by atoms with Crippen LogP contribution in [-0.4, -0.2) is 91.0 Å². The summed E-state index contributed by atoms with van der Waals surface area (Å²) < 4.78 is 16.7. The summed E-state index contributed by atoms with van der Waals surface area (Å²) in [7, 11) is 0. The lowest BCUT2D eigenvalue weighted by atomic mass is 10.0. The fraction of sp³-hybridized carbons (Fsp3) is 0.379. The second-order valence-corrected chi connectivity index (χ2v) is 10.5. The van der Waals surface area contributed by atoms with Gasteiger partial charge in [0.15, 0.2) is 0 Å². The minimum absolute atomic E-state index is 0.0469. The number of aliphatic hydroxyl groups is 2. The van der Waals surface area contributed by atoms with Gasteiger partial charge in [0.25, 0.3) is 5.91 Å². The van der Waals surface area contributed by atoms with Crippen molar-refractivity contribution in [3.8, 4) is 17.4 Å². The van der Waals surface area contributed by atoms with Gasteiger partial charge in [-0.05, 0) is 53.1 Å². The van der Waals surface area contributed by atoms with Gasteiger partial charge in [0, 0.05) is 55.8 Å². The van der Waals surface area contributed by atoms with Crippen molar-refractivity contribution >= 4 is 40.5 Å². The van der Waals surface area contributed by atoms with E-state index in [1.807, 2.05) is 24.3 Å². The smallest absolute Gasteiger partial charge is 0.262 e. The number of benzene rings is 2. The molecular weight excluding hydrogens is 532 g/mol. The number of hydrogen-bond acceptors (Lipinski definition) is 10. The third kappa shape index (κ3) is 7.03. The molecule has 0 unspecified atom stereocenters. The van der Waals surface area contributed by atoms with Crippen LogP contribution in [0.3, 0.4) is 0 Å². The van der Waals surface area contributed by atoms with Crippen LogP contribution in [0.1, 0.15) is 5.76 Å². The lowest BCUT2D eigenvalue weighted by Crippen LogP contribution is -2.48. The SMILES string of the molecule is N#C/C(=C\c1ccc(-c2ccc3cc(NCCN4CCOCC4)ccc3c2)o1)C(=O)NC[C@H]1OSC[C@@H](O)[C@@H]1O. The number of fused-ring (bicyclic) bond motifs is 1. The molecule has 3 heterocycles. The molecule has 0 saturated carbocycles. The first-order valence-corrected chi connectivity index (χ1v) is 14.1. The van der Waals surface area contributed by atoms with Crippen LogP contribution in [0.5, 0.6) is 0 Å². The molecule has 3 atom stereocenters. The van der Waals surface area contributed by atoms with Crippen LogP contribution in [0.4, 0.5) is 5.69 Å². The zero-order valence-corrected chi connectivity index (χ0v) is 22.7. The Hall–Kier alpha value is -3.37. The number of carbonyl (C=O) groups is 1. The Morgan fingerprint density at radius 3 is 2.75 bits per heavy atom. The minimum atomic E-state index is -1.12. The third-order valence-corrected chi connectivity index (χ3v) is 7.79. The average molecular weight is 565 g/mol. The van der Waals surface area contributed by atoms with E-state index < -0.39 is 24.2 Å². The molecule has 10 nitrogen and oxygen atoms in total. The molecule has 2 saturated heterocycles. The average Bonchev–Trinajstić information content (AvgIpc) is 3.45. The zero-order valence-electron chi connectivity index (χ0n) is 21.9. The highest BCUT2D eigenvalue weighted by Crippen LogP contribution is 2.28. The van der Waals surface area contributed by atoms with Crippen molar-refractivity contribution in [1.82, 2.24) is 10.2 Å². The van der Waals surface area contributed by atoms with E-state index in [2.05, 4.69) is 33.7 Å². The molecule has 0 bridgehead atoms. The number of furan rings is 1. The second kappa shape index (κ2) is 13.3. The maximum atomic E-state index is 12.5. The van der Waals surface area contributed by atoms with Gasteiger partial charge >= 0.3 is 0 Å². The fourth-order valence-corrected chi connectivity index (χ4v) is 5.38. The molecule has 1 aromatic heterocycles. The maximum absolute atomic E-state index is 12.5. The van der Waals surface area contributed by atoms with Crippen molar-refractivity contribution in [2.75, 3.05) is 57.0 Å². The van der Waals surface area contributed by atoms with Crippen molar-refractivity contribution in [2.24, 2.45) is 0 Å². The van der Waals surface area contributed by atoms with Crippen LogP contribution in [0.15, 0.2) is 58.5 Å². The third-order valence-electron chi connectivity index (χ3n) is 6.93. The number of anilines is 1. The number of amides is 1. The maximum Gasteiger partial charge on any atom is 0.262 e. The molecule has 0 aliphatic carbocycles. The number of hydrogen-bond donors (Lipinski definition) is 4. The molecule has 2 aromatic carbocycles. The Labute approximate surface area is 236 Å². The number of nitrogens with one attached hydrogen (secondary N) is 2. The van der Waals surface area contributed by atoms with Crippen LogP contribution in [0.2, 0.25) is 0 Å². The van der Waals surface area contributed by atoms with Crippen molar-refractivity contribution in [3.05, 3.63) is 59.9 Å². The van der Waals surface area contributed by atoms with Crippen LogP contribution in [0.25, 0.3) is 28.2 Å². The molecule has 4 N–H and O–H groups in total. The number of aliphatic hydroxyl groups excluding tert-OH is 2. The topological polar surface area (TPSA) is 140 Å². The first-order valence-electron chi connectivity index (χ1n) is 13.2. The molecule has 2 fully saturated rings. The van der Waals surface area contributed by atoms with E-state index in [9.17, 15) is 20.3 Å². The zero-order chi connectivity index (χ0) is 27.9. The van der Waals surface area contributed by atoms with Crippen LogP contribution in [-0.2, 0) is 13.7 Å². The number of morpholine rings is 1. The van der Waals surface area contributed by atoms with Crippen molar-refractivity contribution in [1.29, 1.82) is 5.26 Å². The van der Waals surface area contributed by atoms with Crippen molar-refractivity contribution in [3.63, 3.8) is 0 Å². The van der Waals surface area contributed by atoms with Gasteiger partial charge in [-0.3, -0.25) is 9.69 Å². The van der Waals surface area contributed by atoms with Crippen LogP contribution >= 0.6 is 12.0 Å². The monoisotopic (exact) mass is 564 g/mol. The van der Waals surface area contributed by atoms with E-state index in [0.717, 1.165) is 73.5 Å². The molecule has 40 heavy (non-hydrogen) atoms. The lowest BCUT2D eigenvalue weighted by Gasteiger charge is -2.30. The van der Waals surface area contributed by atoms with Gasteiger partial charge in [-0.1, -0.05) is 18.2 Å². The fourth-order valence-electron chi connectivity index (χ4n) is 4.61. The first kappa shape index (κ1) is 28.2.